The quantitative estimate of drug-likeness (QED) is 0.196. The summed E-state index contributed by atoms with van der Waals surface area (Å²) >= 11 is 0. The first-order valence-electron chi connectivity index (χ1n) is 15.7. The van der Waals surface area contributed by atoms with E-state index in [0.717, 1.165) is 53.5 Å². The normalized spacial score (nSPS) is 12.6. The Bertz CT molecular complexity index is 1400. The Balaban J connectivity index is 2.11. The number of para-hydroxylation sites is 1. The lowest BCUT2D eigenvalue weighted by Crippen LogP contribution is -2.53. The van der Waals surface area contributed by atoms with Gasteiger partial charge >= 0.3 is 6.09 Å². The molecule has 3 aromatic rings. The minimum atomic E-state index is -0.947. The van der Waals surface area contributed by atoms with Crippen LogP contribution >= 0.6 is 0 Å². The Hall–Kier alpha value is -4.13. The average molecular weight is 600 g/mol. The Morgan fingerprint density at radius 2 is 1.52 bits per heavy atom. The first-order chi connectivity index (χ1) is 20.9. The van der Waals surface area contributed by atoms with Crippen LogP contribution in [0.3, 0.4) is 0 Å². The molecule has 0 saturated carbocycles. The number of amides is 3. The van der Waals surface area contributed by atoms with Crippen LogP contribution in [0.4, 0.5) is 10.5 Å². The number of alkyl carbamates (subject to hydrolysis) is 1. The van der Waals surface area contributed by atoms with Gasteiger partial charge in [-0.25, -0.2) is 4.79 Å². The van der Waals surface area contributed by atoms with Gasteiger partial charge in [0.1, 0.15) is 17.7 Å². The summed E-state index contributed by atoms with van der Waals surface area (Å²) in [6.45, 7) is 13.7. The van der Waals surface area contributed by atoms with Crippen molar-refractivity contribution in [2.75, 3.05) is 11.9 Å². The number of nitrogens with zero attached hydrogens (tertiary/aromatic N) is 1. The number of carbonyl (C=O) groups excluding carboxylic acids is 3. The van der Waals surface area contributed by atoms with Gasteiger partial charge in [0.25, 0.3) is 5.91 Å². The van der Waals surface area contributed by atoms with Crippen LogP contribution in [0.5, 0.6) is 0 Å². The van der Waals surface area contributed by atoms with Crippen molar-refractivity contribution in [1.82, 2.24) is 10.2 Å². The summed E-state index contributed by atoms with van der Waals surface area (Å²) in [4.78, 5) is 43.8. The van der Waals surface area contributed by atoms with Crippen molar-refractivity contribution in [2.45, 2.75) is 98.3 Å². The number of hydrogen-bond donors (Lipinski definition) is 2. The second-order valence-corrected chi connectivity index (χ2v) is 12.5. The van der Waals surface area contributed by atoms with Gasteiger partial charge in [0.15, 0.2) is 0 Å². The van der Waals surface area contributed by atoms with Gasteiger partial charge in [0, 0.05) is 18.7 Å². The molecular formula is C37H49N3O4. The number of hydrogen-bond acceptors (Lipinski definition) is 4. The largest absolute Gasteiger partial charge is 0.444 e. The lowest BCUT2D eigenvalue weighted by molar-refractivity contribution is -0.140. The monoisotopic (exact) mass is 599 g/mol. The molecule has 0 bridgehead atoms. The molecule has 0 radical (unpaired) electrons. The number of benzene rings is 3. The zero-order valence-electron chi connectivity index (χ0n) is 27.4. The minimum absolute atomic E-state index is 0.253. The molecule has 7 heteroatoms. The van der Waals surface area contributed by atoms with Gasteiger partial charge in [0.2, 0.25) is 5.91 Å². The van der Waals surface area contributed by atoms with Crippen molar-refractivity contribution in [3.63, 3.8) is 0 Å². The number of unbranched alkanes of at least 4 members (excludes halogenated alkanes) is 3. The van der Waals surface area contributed by atoms with Crippen LogP contribution in [0.25, 0.3) is 0 Å². The van der Waals surface area contributed by atoms with E-state index in [1.54, 1.807) is 25.7 Å². The van der Waals surface area contributed by atoms with Crippen molar-refractivity contribution >= 4 is 23.6 Å². The van der Waals surface area contributed by atoms with E-state index in [1.165, 1.54) is 0 Å². The molecule has 0 heterocycles. The molecule has 0 aliphatic carbocycles. The van der Waals surface area contributed by atoms with Gasteiger partial charge < -0.3 is 20.3 Å². The number of ether oxygens (including phenoxy) is 1. The Labute approximate surface area is 263 Å². The molecule has 0 spiro atoms. The fourth-order valence-electron chi connectivity index (χ4n) is 5.19. The highest BCUT2D eigenvalue weighted by Crippen LogP contribution is 2.29. The average Bonchev–Trinajstić information content (AvgIpc) is 2.96. The van der Waals surface area contributed by atoms with Gasteiger partial charge in [-0.2, -0.15) is 0 Å². The van der Waals surface area contributed by atoms with E-state index in [-0.39, 0.29) is 18.2 Å². The molecule has 0 aliphatic heterocycles. The van der Waals surface area contributed by atoms with E-state index >= 15 is 0 Å². The van der Waals surface area contributed by atoms with Gasteiger partial charge in [0.05, 0.1) is 0 Å². The summed E-state index contributed by atoms with van der Waals surface area (Å²) in [7, 11) is 0. The van der Waals surface area contributed by atoms with Crippen molar-refractivity contribution in [3.05, 3.63) is 101 Å². The molecule has 3 amide bonds. The molecule has 0 aromatic heterocycles. The summed E-state index contributed by atoms with van der Waals surface area (Å²) in [6.07, 6.45) is 3.29. The van der Waals surface area contributed by atoms with Crippen LogP contribution in [0, 0.1) is 20.8 Å². The Kier molecular flexibility index (Phi) is 12.6. The second kappa shape index (κ2) is 16.1. The zero-order valence-corrected chi connectivity index (χ0v) is 27.4. The van der Waals surface area contributed by atoms with E-state index in [2.05, 4.69) is 17.6 Å². The van der Waals surface area contributed by atoms with E-state index in [9.17, 15) is 14.4 Å². The van der Waals surface area contributed by atoms with Crippen LogP contribution < -0.4 is 10.6 Å². The van der Waals surface area contributed by atoms with Crippen molar-refractivity contribution in [2.24, 2.45) is 0 Å². The summed E-state index contributed by atoms with van der Waals surface area (Å²) in [6, 6.07) is 21.3. The van der Waals surface area contributed by atoms with E-state index in [0.29, 0.717) is 12.2 Å². The van der Waals surface area contributed by atoms with Crippen LogP contribution in [-0.4, -0.2) is 41.0 Å². The number of rotatable bonds is 13. The van der Waals surface area contributed by atoms with Gasteiger partial charge in [-0.05, 0) is 76.3 Å². The number of aryl methyl sites for hydroxylation is 3. The molecule has 3 aromatic carbocycles. The van der Waals surface area contributed by atoms with E-state index in [1.807, 2.05) is 93.6 Å². The molecule has 7 nitrogen and oxygen atoms in total. The summed E-state index contributed by atoms with van der Waals surface area (Å²) in [5.74, 6) is -0.630. The van der Waals surface area contributed by atoms with Crippen LogP contribution in [0.1, 0.15) is 87.2 Å². The van der Waals surface area contributed by atoms with Crippen molar-refractivity contribution < 1.29 is 19.1 Å². The molecule has 2 N–H and O–H groups in total. The third-order valence-electron chi connectivity index (χ3n) is 7.50. The SMILES string of the molecule is CCCCCCN(C(=O)C(Cc1ccccc1)NC(=O)OC(C)(C)C)C(C(=O)Nc1ccccc1C)c1cc(C)ccc1C. The molecule has 236 valence electrons. The Morgan fingerprint density at radius 3 is 2.18 bits per heavy atom. The van der Waals surface area contributed by atoms with E-state index < -0.39 is 23.8 Å². The topological polar surface area (TPSA) is 87.7 Å². The molecule has 3 rings (SSSR count). The maximum absolute atomic E-state index is 14.7. The van der Waals surface area contributed by atoms with Crippen LogP contribution in [0.15, 0.2) is 72.8 Å². The smallest absolute Gasteiger partial charge is 0.408 e. The highest BCUT2D eigenvalue weighted by Gasteiger charge is 2.37. The molecule has 0 fully saturated rings. The van der Waals surface area contributed by atoms with Gasteiger partial charge in [-0.3, -0.25) is 9.59 Å². The summed E-state index contributed by atoms with van der Waals surface area (Å²) < 4.78 is 5.57. The maximum atomic E-state index is 14.7. The number of nitrogens with one attached hydrogen (secondary N) is 2. The summed E-state index contributed by atoms with van der Waals surface area (Å²) in [5.41, 5.74) is 4.43. The molecule has 2 atom stereocenters. The van der Waals surface area contributed by atoms with Crippen LogP contribution in [-0.2, 0) is 20.7 Å². The maximum Gasteiger partial charge on any atom is 0.408 e. The van der Waals surface area contributed by atoms with Gasteiger partial charge in [-0.1, -0.05) is 98.5 Å². The molecule has 0 aliphatic rings. The summed E-state index contributed by atoms with van der Waals surface area (Å²) in [5, 5.41) is 5.96. The van der Waals surface area contributed by atoms with Crippen molar-refractivity contribution in [3.8, 4) is 0 Å². The third kappa shape index (κ3) is 10.2. The first-order valence-corrected chi connectivity index (χ1v) is 15.7. The first kappa shape index (κ1) is 34.4. The Morgan fingerprint density at radius 1 is 0.841 bits per heavy atom. The predicted octanol–water partition coefficient (Wildman–Crippen LogP) is 7.84. The lowest BCUT2D eigenvalue weighted by atomic mass is 9.95. The second-order valence-electron chi connectivity index (χ2n) is 12.5. The number of anilines is 1. The standard InChI is InChI=1S/C37H49N3O4/c1-8-9-10-16-23-40(35(42)32(25-29-18-12-11-13-19-29)39-36(43)44-37(5,6)7)33(30-24-26(2)21-22-27(30)3)34(41)38-31-20-15-14-17-28(31)4/h11-15,17-22,24,32-33H,8-10,16,23,25H2,1-7H3,(H,38,41)(H,39,43). The third-order valence-corrected chi connectivity index (χ3v) is 7.50. The molecule has 44 heavy (non-hydrogen) atoms. The fourth-order valence-corrected chi connectivity index (χ4v) is 5.19. The molecular weight excluding hydrogens is 550 g/mol. The molecule has 0 saturated heterocycles. The highest BCUT2D eigenvalue weighted by molar-refractivity contribution is 5.99. The van der Waals surface area contributed by atoms with Gasteiger partial charge in [-0.15, -0.1) is 0 Å². The van der Waals surface area contributed by atoms with Crippen molar-refractivity contribution in [1.29, 1.82) is 0 Å². The fraction of sp³-hybridized carbons (Fsp3) is 0.432. The zero-order chi connectivity index (χ0) is 32.3. The van der Waals surface area contributed by atoms with E-state index in [4.69, 9.17) is 4.74 Å². The molecule has 2 unspecified atom stereocenters. The number of carbonyl (C=O) groups is 3. The predicted molar refractivity (Wildman–Crippen MR) is 178 cm³/mol. The minimum Gasteiger partial charge on any atom is -0.444 e. The highest BCUT2D eigenvalue weighted by atomic mass is 16.6. The lowest BCUT2D eigenvalue weighted by Gasteiger charge is -2.35. The van der Waals surface area contributed by atoms with Crippen LogP contribution in [0.2, 0.25) is 0 Å².